The van der Waals surface area contributed by atoms with Crippen LogP contribution in [-0.2, 0) is 6.54 Å². The van der Waals surface area contributed by atoms with Gasteiger partial charge in [0.05, 0.1) is 6.61 Å². The Hall–Kier alpha value is -1.71. The summed E-state index contributed by atoms with van der Waals surface area (Å²) in [6.45, 7) is 9.84. The van der Waals surface area contributed by atoms with E-state index in [1.165, 1.54) is 5.56 Å². The van der Waals surface area contributed by atoms with Gasteiger partial charge in [0.2, 0.25) is 5.89 Å². The molecule has 0 radical (unpaired) electrons. The van der Waals surface area contributed by atoms with Crippen molar-refractivity contribution in [3.8, 4) is 0 Å². The van der Waals surface area contributed by atoms with Gasteiger partial charge < -0.3 is 25.3 Å². The number of piperazine rings is 1. The monoisotopic (exact) mass is 397 g/mol. The maximum Gasteiger partial charge on any atom is 0.320 e. The zero-order valence-corrected chi connectivity index (χ0v) is 16.7. The molecular formula is C18H28ClN5O3. The number of anilines is 2. The van der Waals surface area contributed by atoms with Gasteiger partial charge in [0, 0.05) is 37.9 Å². The van der Waals surface area contributed by atoms with Gasteiger partial charge in [0.15, 0.2) is 6.10 Å². The van der Waals surface area contributed by atoms with Gasteiger partial charge in [-0.05, 0) is 43.5 Å². The van der Waals surface area contributed by atoms with E-state index in [9.17, 15) is 5.11 Å². The Kier molecular flexibility index (Phi) is 7.58. The molecule has 1 fully saturated rings. The number of aliphatic hydroxyl groups excluding tert-OH is 2. The lowest BCUT2D eigenvalue weighted by Crippen LogP contribution is -2.48. The molecule has 150 valence electrons. The van der Waals surface area contributed by atoms with Gasteiger partial charge in [0.1, 0.15) is 0 Å². The van der Waals surface area contributed by atoms with E-state index in [1.54, 1.807) is 0 Å². The second-order valence-corrected chi connectivity index (χ2v) is 6.96. The topological polar surface area (TPSA) is 107 Å². The number of nitrogens with one attached hydrogen (secondary N) is 2. The molecule has 0 spiro atoms. The number of halogens is 1. The van der Waals surface area contributed by atoms with E-state index in [0.29, 0.717) is 6.04 Å². The maximum absolute atomic E-state index is 9.57. The lowest BCUT2D eigenvalue weighted by molar-refractivity contribution is 0.0737. The minimum Gasteiger partial charge on any atom is -0.405 e. The summed E-state index contributed by atoms with van der Waals surface area (Å²) in [5, 5.41) is 32.8. The molecule has 0 unspecified atom stereocenters. The average Bonchev–Trinajstić information content (AvgIpc) is 3.07. The van der Waals surface area contributed by atoms with Gasteiger partial charge in [-0.25, -0.2) is 0 Å². The summed E-state index contributed by atoms with van der Waals surface area (Å²) >= 11 is 0. The van der Waals surface area contributed by atoms with Gasteiger partial charge in [-0.1, -0.05) is 11.2 Å². The maximum atomic E-state index is 9.57. The van der Waals surface area contributed by atoms with E-state index in [-0.39, 0.29) is 24.3 Å². The van der Waals surface area contributed by atoms with Crippen LogP contribution in [0.5, 0.6) is 0 Å². The van der Waals surface area contributed by atoms with Gasteiger partial charge in [0.25, 0.3) is 0 Å². The predicted octanol–water partition coefficient (Wildman–Crippen LogP) is 1.67. The summed E-state index contributed by atoms with van der Waals surface area (Å²) in [4.78, 5) is 2.45. The highest BCUT2D eigenvalue weighted by atomic mass is 35.5. The third kappa shape index (κ3) is 5.40. The lowest BCUT2D eigenvalue weighted by atomic mass is 10.0. The predicted molar refractivity (Wildman–Crippen MR) is 106 cm³/mol. The highest BCUT2D eigenvalue weighted by molar-refractivity contribution is 5.85. The molecule has 0 aliphatic carbocycles. The standard InChI is InChI=1S/C18H27N5O3.ClH/c1-11-6-14(9-23-5-4-19-12(2)8-23)13(3)15(7-11)20-18-22-21-17(26-18)16(25)10-24;/h6-7,12,16,19,24-25H,4-5,8-10H2,1-3H3,(H,20,22);1H/t12-,16-;/m0./s1. The van der Waals surface area contributed by atoms with E-state index < -0.39 is 12.7 Å². The van der Waals surface area contributed by atoms with Crippen molar-refractivity contribution in [1.82, 2.24) is 20.4 Å². The van der Waals surface area contributed by atoms with E-state index in [0.717, 1.165) is 43.0 Å². The molecule has 1 saturated heterocycles. The molecule has 9 heteroatoms. The fraction of sp³-hybridized carbons (Fsp3) is 0.556. The second-order valence-electron chi connectivity index (χ2n) is 6.96. The van der Waals surface area contributed by atoms with Crippen molar-refractivity contribution >= 4 is 24.1 Å². The Morgan fingerprint density at radius 3 is 2.85 bits per heavy atom. The molecular weight excluding hydrogens is 370 g/mol. The van der Waals surface area contributed by atoms with E-state index in [1.807, 2.05) is 6.07 Å². The molecule has 1 aliphatic rings. The van der Waals surface area contributed by atoms with Gasteiger partial charge >= 0.3 is 6.01 Å². The van der Waals surface area contributed by atoms with E-state index in [2.05, 4.69) is 52.6 Å². The van der Waals surface area contributed by atoms with Crippen molar-refractivity contribution in [1.29, 1.82) is 0 Å². The molecule has 27 heavy (non-hydrogen) atoms. The second kappa shape index (κ2) is 9.48. The van der Waals surface area contributed by atoms with Crippen molar-refractivity contribution in [2.45, 2.75) is 39.5 Å². The molecule has 0 saturated carbocycles. The Morgan fingerprint density at radius 2 is 2.15 bits per heavy atom. The zero-order chi connectivity index (χ0) is 18.7. The minimum absolute atomic E-state index is 0. The van der Waals surface area contributed by atoms with Crippen molar-refractivity contribution in [3.05, 3.63) is 34.7 Å². The number of hydrogen-bond donors (Lipinski definition) is 4. The fourth-order valence-corrected chi connectivity index (χ4v) is 3.24. The van der Waals surface area contributed by atoms with Crippen LogP contribution in [-0.4, -0.2) is 57.6 Å². The van der Waals surface area contributed by atoms with Crippen molar-refractivity contribution in [2.24, 2.45) is 0 Å². The summed E-state index contributed by atoms with van der Waals surface area (Å²) < 4.78 is 5.38. The average molecular weight is 398 g/mol. The number of benzene rings is 1. The van der Waals surface area contributed by atoms with Crippen LogP contribution in [0.4, 0.5) is 11.7 Å². The first-order valence-corrected chi connectivity index (χ1v) is 8.91. The third-order valence-electron chi connectivity index (χ3n) is 4.65. The Labute approximate surface area is 165 Å². The van der Waals surface area contributed by atoms with Crippen LogP contribution in [0.25, 0.3) is 0 Å². The first kappa shape index (κ1) is 21.6. The molecule has 0 bridgehead atoms. The Balaban J connectivity index is 0.00000261. The van der Waals surface area contributed by atoms with E-state index >= 15 is 0 Å². The van der Waals surface area contributed by atoms with Crippen LogP contribution in [0, 0.1) is 13.8 Å². The molecule has 2 atom stereocenters. The number of aryl methyl sites for hydroxylation is 1. The third-order valence-corrected chi connectivity index (χ3v) is 4.65. The van der Waals surface area contributed by atoms with E-state index in [4.69, 9.17) is 9.52 Å². The SMILES string of the molecule is Cc1cc(CN2CCN[C@@H](C)C2)c(C)c(Nc2nnc([C@@H](O)CO)o2)c1.Cl. The molecule has 8 nitrogen and oxygen atoms in total. The highest BCUT2D eigenvalue weighted by Crippen LogP contribution is 2.26. The highest BCUT2D eigenvalue weighted by Gasteiger charge is 2.19. The van der Waals surface area contributed by atoms with Crippen LogP contribution >= 0.6 is 12.4 Å². The molecule has 0 amide bonds. The Bertz CT molecular complexity index is 755. The van der Waals surface area contributed by atoms with Gasteiger partial charge in [-0.3, -0.25) is 4.90 Å². The smallest absolute Gasteiger partial charge is 0.320 e. The number of hydrogen-bond acceptors (Lipinski definition) is 8. The number of rotatable bonds is 6. The van der Waals surface area contributed by atoms with Crippen LogP contribution in [0.15, 0.2) is 16.5 Å². The molecule has 2 heterocycles. The van der Waals surface area contributed by atoms with Crippen molar-refractivity contribution in [2.75, 3.05) is 31.6 Å². The molecule has 4 N–H and O–H groups in total. The van der Waals surface area contributed by atoms with Gasteiger partial charge in [-0.15, -0.1) is 17.5 Å². The summed E-state index contributed by atoms with van der Waals surface area (Å²) in [6.07, 6.45) is -1.16. The van der Waals surface area contributed by atoms with Crippen molar-refractivity contribution < 1.29 is 14.6 Å². The molecule has 3 rings (SSSR count). The normalized spacial score (nSPS) is 18.8. The Morgan fingerprint density at radius 1 is 1.37 bits per heavy atom. The fourth-order valence-electron chi connectivity index (χ4n) is 3.24. The summed E-state index contributed by atoms with van der Waals surface area (Å²) in [7, 11) is 0. The molecule has 1 aromatic carbocycles. The quantitative estimate of drug-likeness (QED) is 0.583. The lowest BCUT2D eigenvalue weighted by Gasteiger charge is -2.32. The van der Waals surface area contributed by atoms with Crippen LogP contribution in [0.2, 0.25) is 0 Å². The molecule has 2 aromatic rings. The molecule has 1 aromatic heterocycles. The molecule has 1 aliphatic heterocycles. The zero-order valence-electron chi connectivity index (χ0n) is 15.9. The summed E-state index contributed by atoms with van der Waals surface area (Å²) in [5.41, 5.74) is 4.43. The summed E-state index contributed by atoms with van der Waals surface area (Å²) in [6, 6.07) is 4.94. The van der Waals surface area contributed by atoms with Gasteiger partial charge in [-0.2, -0.15) is 0 Å². The van der Waals surface area contributed by atoms with Crippen molar-refractivity contribution in [3.63, 3.8) is 0 Å². The number of aromatic nitrogens is 2. The van der Waals surface area contributed by atoms with Crippen LogP contribution in [0.3, 0.4) is 0 Å². The van der Waals surface area contributed by atoms with Crippen LogP contribution in [0.1, 0.15) is 35.6 Å². The number of nitrogens with zero attached hydrogens (tertiary/aromatic N) is 3. The first-order valence-electron chi connectivity index (χ1n) is 8.91. The summed E-state index contributed by atoms with van der Waals surface area (Å²) in [5.74, 6) is -0.00432. The minimum atomic E-state index is -1.16. The largest absolute Gasteiger partial charge is 0.405 e. The van der Waals surface area contributed by atoms with Crippen LogP contribution < -0.4 is 10.6 Å². The number of aliphatic hydroxyl groups is 2. The first-order chi connectivity index (χ1) is 12.5.